The standard InChI is InChI=1S/C23H24ClF4N7O/c24-12-7-15(25)18(16(26)8-12)33-22-32-17-10-30-21(31-13-5-6-23(27,28)9-13)34-20(17)35(22)14-3-1-11(2-4-14)19(29)36/h7-8,10-11,13-14H,1-6,9H2,(H2,29,36)(H,32,33)(H,30,31,34)/t11?,13-,14?/m0/s1. The number of alkyl halides is 2. The van der Waals surface area contributed by atoms with E-state index in [-0.39, 0.29) is 54.0 Å². The van der Waals surface area contributed by atoms with Crippen molar-refractivity contribution in [3.05, 3.63) is 35.0 Å². The van der Waals surface area contributed by atoms with Gasteiger partial charge in [-0.05, 0) is 44.2 Å². The first-order valence-corrected chi connectivity index (χ1v) is 12.1. The van der Waals surface area contributed by atoms with Gasteiger partial charge in [0.05, 0.1) is 6.20 Å². The molecule has 2 fully saturated rings. The molecule has 192 valence electrons. The second-order valence-electron chi connectivity index (χ2n) is 9.43. The van der Waals surface area contributed by atoms with Crippen molar-refractivity contribution < 1.29 is 22.4 Å². The summed E-state index contributed by atoms with van der Waals surface area (Å²) in [5, 5.41) is 5.60. The van der Waals surface area contributed by atoms with Crippen LogP contribution in [0, 0.1) is 17.6 Å². The molecule has 0 saturated heterocycles. The minimum atomic E-state index is -2.73. The number of amides is 1. The summed E-state index contributed by atoms with van der Waals surface area (Å²) in [6, 6.07) is 1.29. The summed E-state index contributed by atoms with van der Waals surface area (Å²) < 4.78 is 58.1. The molecule has 4 N–H and O–H groups in total. The first kappa shape index (κ1) is 24.5. The number of aromatic nitrogens is 4. The second kappa shape index (κ2) is 9.38. The average molecular weight is 526 g/mol. The summed E-state index contributed by atoms with van der Waals surface area (Å²) in [7, 11) is 0. The first-order valence-electron chi connectivity index (χ1n) is 11.7. The Labute approximate surface area is 208 Å². The molecule has 2 saturated carbocycles. The number of carbonyl (C=O) groups is 1. The zero-order valence-electron chi connectivity index (χ0n) is 19.1. The monoisotopic (exact) mass is 525 g/mol. The van der Waals surface area contributed by atoms with Gasteiger partial charge in [-0.15, -0.1) is 0 Å². The summed E-state index contributed by atoms with van der Waals surface area (Å²) in [5.41, 5.74) is 5.77. The molecule has 36 heavy (non-hydrogen) atoms. The molecule has 1 atom stereocenters. The zero-order valence-corrected chi connectivity index (χ0v) is 19.8. The van der Waals surface area contributed by atoms with Crippen LogP contribution in [0.25, 0.3) is 11.2 Å². The SMILES string of the molecule is NC(=O)C1CCC(n2c(Nc3c(F)cc(Cl)cc3F)nc3cnc(N[C@H]4CCC(F)(F)C4)nc32)CC1. The van der Waals surface area contributed by atoms with Crippen LogP contribution in [0.5, 0.6) is 0 Å². The molecule has 0 unspecified atom stereocenters. The molecule has 0 spiro atoms. The van der Waals surface area contributed by atoms with Crippen LogP contribution < -0.4 is 16.4 Å². The Balaban J connectivity index is 1.52. The molecule has 2 aliphatic rings. The van der Waals surface area contributed by atoms with E-state index in [0.29, 0.717) is 36.8 Å². The van der Waals surface area contributed by atoms with E-state index in [1.807, 2.05) is 0 Å². The van der Waals surface area contributed by atoms with E-state index in [0.717, 1.165) is 12.1 Å². The lowest BCUT2D eigenvalue weighted by molar-refractivity contribution is -0.122. The van der Waals surface area contributed by atoms with E-state index in [9.17, 15) is 22.4 Å². The van der Waals surface area contributed by atoms with Gasteiger partial charge in [0.1, 0.15) is 11.2 Å². The van der Waals surface area contributed by atoms with Gasteiger partial charge in [0.2, 0.25) is 23.7 Å². The minimum absolute atomic E-state index is 0.0899. The third-order valence-electron chi connectivity index (χ3n) is 6.88. The molecule has 1 amide bonds. The van der Waals surface area contributed by atoms with E-state index in [2.05, 4.69) is 25.6 Å². The fraction of sp³-hybridized carbons (Fsp3) is 0.478. The van der Waals surface area contributed by atoms with Crippen LogP contribution in [-0.4, -0.2) is 37.4 Å². The van der Waals surface area contributed by atoms with E-state index in [1.165, 1.54) is 6.20 Å². The van der Waals surface area contributed by atoms with Crippen molar-refractivity contribution >= 4 is 46.3 Å². The minimum Gasteiger partial charge on any atom is -0.369 e. The number of carbonyl (C=O) groups excluding carboxylic acids is 1. The molecule has 13 heteroatoms. The molecule has 0 aliphatic heterocycles. The Kier molecular flexibility index (Phi) is 6.39. The van der Waals surface area contributed by atoms with Crippen molar-refractivity contribution in [1.82, 2.24) is 19.5 Å². The van der Waals surface area contributed by atoms with Gasteiger partial charge in [0.15, 0.2) is 17.3 Å². The molecule has 3 aromatic rings. The van der Waals surface area contributed by atoms with Crippen LogP contribution in [0.15, 0.2) is 18.3 Å². The smallest absolute Gasteiger partial charge is 0.250 e. The summed E-state index contributed by atoms with van der Waals surface area (Å²) in [6.45, 7) is 0. The molecular weight excluding hydrogens is 502 g/mol. The van der Waals surface area contributed by atoms with Gasteiger partial charge < -0.3 is 16.4 Å². The number of primary amides is 1. The highest BCUT2D eigenvalue weighted by atomic mass is 35.5. The van der Waals surface area contributed by atoms with Crippen molar-refractivity contribution in [2.45, 2.75) is 63.0 Å². The quantitative estimate of drug-likeness (QED) is 0.376. The molecule has 2 heterocycles. The van der Waals surface area contributed by atoms with Crippen molar-refractivity contribution in [3.8, 4) is 0 Å². The molecule has 2 aliphatic carbocycles. The number of imidazole rings is 1. The first-order chi connectivity index (χ1) is 17.1. The summed E-state index contributed by atoms with van der Waals surface area (Å²) in [6.07, 6.45) is 3.39. The average Bonchev–Trinajstić information content (AvgIpc) is 3.34. The van der Waals surface area contributed by atoms with Gasteiger partial charge in [-0.2, -0.15) is 4.98 Å². The molecule has 0 bridgehead atoms. The molecule has 0 radical (unpaired) electrons. The highest BCUT2D eigenvalue weighted by Gasteiger charge is 2.39. The predicted molar refractivity (Wildman–Crippen MR) is 126 cm³/mol. The Morgan fingerprint density at radius 2 is 1.81 bits per heavy atom. The maximum atomic E-state index is 14.5. The van der Waals surface area contributed by atoms with E-state index in [1.54, 1.807) is 4.57 Å². The van der Waals surface area contributed by atoms with Crippen molar-refractivity contribution in [2.75, 3.05) is 10.6 Å². The predicted octanol–water partition coefficient (Wildman–Crippen LogP) is 5.32. The van der Waals surface area contributed by atoms with Gasteiger partial charge >= 0.3 is 0 Å². The lowest BCUT2D eigenvalue weighted by Crippen LogP contribution is -2.29. The topological polar surface area (TPSA) is 111 Å². The second-order valence-corrected chi connectivity index (χ2v) is 9.86. The van der Waals surface area contributed by atoms with Crippen LogP contribution in [-0.2, 0) is 4.79 Å². The van der Waals surface area contributed by atoms with E-state index in [4.69, 9.17) is 17.3 Å². The van der Waals surface area contributed by atoms with Gasteiger partial charge in [-0.1, -0.05) is 11.6 Å². The number of anilines is 3. The van der Waals surface area contributed by atoms with Crippen LogP contribution in [0.3, 0.4) is 0 Å². The Hall–Kier alpha value is -3.15. The molecule has 8 nitrogen and oxygen atoms in total. The number of hydrogen-bond acceptors (Lipinski definition) is 6. The molecule has 5 rings (SSSR count). The number of benzene rings is 1. The van der Waals surface area contributed by atoms with E-state index < -0.39 is 29.3 Å². The van der Waals surface area contributed by atoms with Crippen LogP contribution >= 0.6 is 11.6 Å². The van der Waals surface area contributed by atoms with Gasteiger partial charge in [-0.3, -0.25) is 9.36 Å². The summed E-state index contributed by atoms with van der Waals surface area (Å²) in [4.78, 5) is 24.8. The largest absolute Gasteiger partial charge is 0.369 e. The van der Waals surface area contributed by atoms with Gasteiger partial charge in [0.25, 0.3) is 0 Å². The van der Waals surface area contributed by atoms with Crippen molar-refractivity contribution in [1.29, 1.82) is 0 Å². The Bertz CT molecular complexity index is 1290. The maximum Gasteiger partial charge on any atom is 0.250 e. The van der Waals surface area contributed by atoms with Gasteiger partial charge in [-0.25, -0.2) is 27.5 Å². The number of rotatable bonds is 6. The molecule has 1 aromatic carbocycles. The Morgan fingerprint density at radius 1 is 1.11 bits per heavy atom. The van der Waals surface area contributed by atoms with Gasteiger partial charge in [0, 0.05) is 35.9 Å². The van der Waals surface area contributed by atoms with Crippen LogP contribution in [0.2, 0.25) is 5.02 Å². The number of halogens is 5. The lowest BCUT2D eigenvalue weighted by atomic mass is 9.85. The summed E-state index contributed by atoms with van der Waals surface area (Å²) >= 11 is 5.75. The fourth-order valence-electron chi connectivity index (χ4n) is 5.04. The third-order valence-corrected chi connectivity index (χ3v) is 7.10. The maximum absolute atomic E-state index is 14.5. The zero-order chi connectivity index (χ0) is 25.6. The fourth-order valence-corrected chi connectivity index (χ4v) is 5.23. The highest BCUT2D eigenvalue weighted by molar-refractivity contribution is 6.30. The number of fused-ring (bicyclic) bond motifs is 1. The van der Waals surface area contributed by atoms with E-state index >= 15 is 0 Å². The lowest BCUT2D eigenvalue weighted by Gasteiger charge is -2.29. The third kappa shape index (κ3) is 4.91. The Morgan fingerprint density at radius 3 is 2.42 bits per heavy atom. The number of nitrogens with two attached hydrogens (primary N) is 1. The highest BCUT2D eigenvalue weighted by Crippen LogP contribution is 2.39. The van der Waals surface area contributed by atoms with Crippen molar-refractivity contribution in [3.63, 3.8) is 0 Å². The normalized spacial score (nSPS) is 23.6. The number of nitrogens with one attached hydrogen (secondary N) is 2. The van der Waals surface area contributed by atoms with Crippen molar-refractivity contribution in [2.24, 2.45) is 11.7 Å². The van der Waals surface area contributed by atoms with Crippen LogP contribution in [0.4, 0.5) is 35.1 Å². The van der Waals surface area contributed by atoms with Crippen LogP contribution in [0.1, 0.15) is 51.0 Å². The number of hydrogen-bond donors (Lipinski definition) is 3. The summed E-state index contributed by atoms with van der Waals surface area (Å²) in [5.74, 6) is -4.85. The molecule has 2 aromatic heterocycles. The number of nitrogens with zero attached hydrogens (tertiary/aromatic N) is 4. The molecular formula is C23H24ClF4N7O.